The minimum absolute atomic E-state index is 0.385. The third-order valence-electron chi connectivity index (χ3n) is 3.79. The summed E-state index contributed by atoms with van der Waals surface area (Å²) in [7, 11) is 0. The number of benzene rings is 1. The lowest BCUT2D eigenvalue weighted by molar-refractivity contribution is 0.520. The largest absolute Gasteiger partial charge is 0.314 e. The zero-order valence-electron chi connectivity index (χ0n) is 13.0. The molecule has 21 heavy (non-hydrogen) atoms. The van der Waals surface area contributed by atoms with Crippen LogP contribution >= 0.6 is 11.6 Å². The number of nitrogens with zero attached hydrogens (tertiary/aromatic N) is 1. The Balaban J connectivity index is 2.16. The van der Waals surface area contributed by atoms with Gasteiger partial charge in [-0.2, -0.15) is 0 Å². The molecule has 112 valence electrons. The summed E-state index contributed by atoms with van der Waals surface area (Å²) in [5.74, 6) is 0. The quantitative estimate of drug-likeness (QED) is 0.868. The Kier molecular flexibility index (Phi) is 5.77. The number of aromatic nitrogens is 1. The van der Waals surface area contributed by atoms with Crippen LogP contribution in [0.1, 0.15) is 29.2 Å². The van der Waals surface area contributed by atoms with Gasteiger partial charge >= 0.3 is 0 Å². The number of pyridine rings is 1. The van der Waals surface area contributed by atoms with E-state index in [1.165, 1.54) is 16.7 Å². The lowest BCUT2D eigenvalue weighted by atomic mass is 9.95. The van der Waals surface area contributed by atoms with Gasteiger partial charge in [-0.05, 0) is 56.0 Å². The molecule has 1 N–H and O–H groups in total. The highest BCUT2D eigenvalue weighted by Crippen LogP contribution is 2.19. The Morgan fingerprint density at radius 2 is 1.90 bits per heavy atom. The van der Waals surface area contributed by atoms with Crippen LogP contribution in [0.2, 0.25) is 5.02 Å². The van der Waals surface area contributed by atoms with Crippen molar-refractivity contribution in [1.29, 1.82) is 0 Å². The second-order valence-corrected chi connectivity index (χ2v) is 5.97. The second-order valence-electron chi connectivity index (χ2n) is 5.56. The van der Waals surface area contributed by atoms with Gasteiger partial charge in [0.1, 0.15) is 0 Å². The second kappa shape index (κ2) is 7.58. The number of aryl methyl sites for hydroxylation is 2. The first-order valence-corrected chi connectivity index (χ1v) is 7.86. The fraction of sp³-hybridized carbons (Fsp3) is 0.389. The molecule has 0 aliphatic heterocycles. The molecule has 3 heteroatoms. The molecule has 1 heterocycles. The third kappa shape index (κ3) is 4.55. The summed E-state index contributed by atoms with van der Waals surface area (Å²) in [6, 6.07) is 9.05. The fourth-order valence-corrected chi connectivity index (χ4v) is 2.82. The van der Waals surface area contributed by atoms with Crippen molar-refractivity contribution in [3.63, 3.8) is 0 Å². The number of hydrogen-bond donors (Lipinski definition) is 1. The van der Waals surface area contributed by atoms with E-state index in [-0.39, 0.29) is 0 Å². The van der Waals surface area contributed by atoms with Crippen LogP contribution < -0.4 is 5.32 Å². The van der Waals surface area contributed by atoms with Crippen molar-refractivity contribution >= 4 is 11.6 Å². The molecule has 1 unspecified atom stereocenters. The lowest BCUT2D eigenvalue weighted by Crippen LogP contribution is -2.33. The fourth-order valence-electron chi connectivity index (χ4n) is 2.63. The highest BCUT2D eigenvalue weighted by Gasteiger charge is 2.13. The molecule has 0 aliphatic rings. The van der Waals surface area contributed by atoms with E-state index in [0.717, 1.165) is 30.0 Å². The van der Waals surface area contributed by atoms with Crippen molar-refractivity contribution in [1.82, 2.24) is 10.3 Å². The number of hydrogen-bond acceptors (Lipinski definition) is 2. The zero-order valence-corrected chi connectivity index (χ0v) is 13.7. The lowest BCUT2D eigenvalue weighted by Gasteiger charge is -2.20. The van der Waals surface area contributed by atoms with Gasteiger partial charge in [0.15, 0.2) is 0 Å². The Hall–Kier alpha value is -1.38. The molecule has 2 nitrogen and oxygen atoms in total. The van der Waals surface area contributed by atoms with Gasteiger partial charge in [0.25, 0.3) is 0 Å². The molecule has 0 spiro atoms. The molecule has 0 saturated heterocycles. The number of likely N-dealkylation sites (N-methyl/N-ethyl adjacent to an activating group) is 1. The predicted molar refractivity (Wildman–Crippen MR) is 90.0 cm³/mol. The molecule has 0 amide bonds. The summed E-state index contributed by atoms with van der Waals surface area (Å²) < 4.78 is 0. The van der Waals surface area contributed by atoms with E-state index in [1.54, 1.807) is 6.20 Å². The molecule has 0 bridgehead atoms. The van der Waals surface area contributed by atoms with Crippen LogP contribution in [0.4, 0.5) is 0 Å². The summed E-state index contributed by atoms with van der Waals surface area (Å²) in [6.07, 6.45) is 5.46. The van der Waals surface area contributed by atoms with Crippen molar-refractivity contribution < 1.29 is 0 Å². The Labute approximate surface area is 132 Å². The van der Waals surface area contributed by atoms with E-state index >= 15 is 0 Å². The van der Waals surface area contributed by atoms with E-state index in [0.29, 0.717) is 6.04 Å². The normalized spacial score (nSPS) is 12.4. The highest BCUT2D eigenvalue weighted by molar-refractivity contribution is 6.31. The van der Waals surface area contributed by atoms with Crippen molar-refractivity contribution in [2.24, 2.45) is 0 Å². The molecule has 0 saturated carbocycles. The van der Waals surface area contributed by atoms with Gasteiger partial charge in [0.2, 0.25) is 0 Å². The molecule has 2 aromatic rings. The van der Waals surface area contributed by atoms with Crippen molar-refractivity contribution in [2.75, 3.05) is 6.54 Å². The minimum Gasteiger partial charge on any atom is -0.314 e. The average Bonchev–Trinajstić information content (AvgIpc) is 2.45. The Bertz CT molecular complexity index is 596. The predicted octanol–water partition coefficient (Wildman–Crippen LogP) is 4.12. The topological polar surface area (TPSA) is 24.9 Å². The van der Waals surface area contributed by atoms with Crippen LogP contribution in [0.15, 0.2) is 36.7 Å². The van der Waals surface area contributed by atoms with Crippen LogP contribution in [-0.4, -0.2) is 17.6 Å². The first-order valence-electron chi connectivity index (χ1n) is 7.48. The SMILES string of the molecule is CCNC(Cc1cc(C)ccc1C)Cc1ccncc1Cl. The standard InChI is InChI=1S/C18H23ClN2/c1-4-21-17(10-15-7-8-20-12-18(15)19)11-16-9-13(2)5-6-14(16)3/h5-9,12,17,21H,4,10-11H2,1-3H3. The summed E-state index contributed by atoms with van der Waals surface area (Å²) in [6.45, 7) is 7.42. The van der Waals surface area contributed by atoms with Crippen LogP contribution in [0, 0.1) is 13.8 Å². The molecular formula is C18H23ClN2. The maximum absolute atomic E-state index is 6.24. The summed E-state index contributed by atoms with van der Waals surface area (Å²) in [5.41, 5.74) is 5.23. The Morgan fingerprint density at radius 1 is 1.14 bits per heavy atom. The van der Waals surface area contributed by atoms with Crippen LogP contribution in [0.3, 0.4) is 0 Å². The first-order chi connectivity index (χ1) is 10.1. The molecule has 1 atom stereocenters. The molecule has 1 aromatic heterocycles. The van der Waals surface area contributed by atoms with Crippen molar-refractivity contribution in [2.45, 2.75) is 39.7 Å². The molecule has 2 rings (SSSR count). The molecule has 1 aromatic carbocycles. The van der Waals surface area contributed by atoms with Gasteiger partial charge in [0, 0.05) is 18.4 Å². The summed E-state index contributed by atoms with van der Waals surface area (Å²) >= 11 is 6.24. The molecular weight excluding hydrogens is 280 g/mol. The molecule has 0 aliphatic carbocycles. The van der Waals surface area contributed by atoms with E-state index in [2.05, 4.69) is 49.3 Å². The van der Waals surface area contributed by atoms with Crippen LogP contribution in [0.5, 0.6) is 0 Å². The Morgan fingerprint density at radius 3 is 2.62 bits per heavy atom. The molecule has 0 fully saturated rings. The monoisotopic (exact) mass is 302 g/mol. The molecule has 0 radical (unpaired) electrons. The number of nitrogens with one attached hydrogen (secondary N) is 1. The zero-order chi connectivity index (χ0) is 15.2. The number of rotatable bonds is 6. The van der Waals surface area contributed by atoms with Gasteiger partial charge in [-0.1, -0.05) is 42.3 Å². The van der Waals surface area contributed by atoms with Crippen LogP contribution in [0.25, 0.3) is 0 Å². The van der Waals surface area contributed by atoms with Crippen molar-refractivity contribution in [3.05, 3.63) is 63.9 Å². The van der Waals surface area contributed by atoms with Crippen molar-refractivity contribution in [3.8, 4) is 0 Å². The van der Waals surface area contributed by atoms with E-state index in [4.69, 9.17) is 11.6 Å². The minimum atomic E-state index is 0.385. The highest BCUT2D eigenvalue weighted by atomic mass is 35.5. The summed E-state index contributed by atoms with van der Waals surface area (Å²) in [5, 5.41) is 4.33. The van der Waals surface area contributed by atoms with Gasteiger partial charge in [-0.25, -0.2) is 0 Å². The van der Waals surface area contributed by atoms with E-state index in [9.17, 15) is 0 Å². The van der Waals surface area contributed by atoms with Crippen LogP contribution in [-0.2, 0) is 12.8 Å². The number of halogens is 1. The average molecular weight is 303 g/mol. The van der Waals surface area contributed by atoms with Gasteiger partial charge in [0.05, 0.1) is 5.02 Å². The van der Waals surface area contributed by atoms with Gasteiger partial charge in [-0.15, -0.1) is 0 Å². The van der Waals surface area contributed by atoms with E-state index < -0.39 is 0 Å². The first kappa shape index (κ1) is 16.0. The summed E-state index contributed by atoms with van der Waals surface area (Å²) in [4.78, 5) is 4.06. The van der Waals surface area contributed by atoms with Gasteiger partial charge in [-0.3, -0.25) is 4.98 Å². The van der Waals surface area contributed by atoms with E-state index in [1.807, 2.05) is 12.3 Å². The maximum atomic E-state index is 6.24. The third-order valence-corrected chi connectivity index (χ3v) is 4.13. The van der Waals surface area contributed by atoms with Gasteiger partial charge < -0.3 is 5.32 Å². The maximum Gasteiger partial charge on any atom is 0.0621 e. The smallest absolute Gasteiger partial charge is 0.0621 e.